The van der Waals surface area contributed by atoms with E-state index in [4.69, 9.17) is 0 Å². The molecule has 1 amide bonds. The van der Waals surface area contributed by atoms with Crippen LogP contribution in [0.2, 0.25) is 0 Å². The van der Waals surface area contributed by atoms with E-state index in [9.17, 15) is 9.18 Å². The van der Waals surface area contributed by atoms with E-state index in [0.29, 0.717) is 13.0 Å². The summed E-state index contributed by atoms with van der Waals surface area (Å²) in [7, 11) is 1.87. The van der Waals surface area contributed by atoms with Crippen molar-refractivity contribution in [3.05, 3.63) is 107 Å². The van der Waals surface area contributed by atoms with Crippen LogP contribution in [0.5, 0.6) is 0 Å². The van der Waals surface area contributed by atoms with Crippen LogP contribution in [0.4, 0.5) is 4.39 Å². The summed E-state index contributed by atoms with van der Waals surface area (Å²) in [5.74, 6) is -0.157. The first kappa shape index (κ1) is 23.3. The molecule has 5 rings (SSSR count). The van der Waals surface area contributed by atoms with Crippen molar-refractivity contribution in [1.29, 1.82) is 0 Å². The Balaban J connectivity index is 1.24. The third-order valence-electron chi connectivity index (χ3n) is 6.96. The lowest BCUT2D eigenvalue weighted by molar-refractivity contribution is -0.129. The van der Waals surface area contributed by atoms with Gasteiger partial charge in [0.25, 0.3) is 0 Å². The summed E-state index contributed by atoms with van der Waals surface area (Å²) in [5, 5.41) is 2.44. The minimum atomic E-state index is -0.243. The number of fused-ring (bicyclic) bond motifs is 1. The molecule has 1 aliphatic heterocycles. The number of likely N-dealkylation sites (N-methyl/N-ethyl adjacent to an activating group) is 1. The molecule has 0 aromatic heterocycles. The van der Waals surface area contributed by atoms with Gasteiger partial charge >= 0.3 is 0 Å². The van der Waals surface area contributed by atoms with Crippen molar-refractivity contribution in [2.75, 3.05) is 20.1 Å². The number of hydrogen-bond donors (Lipinski definition) is 0. The highest BCUT2D eigenvalue weighted by atomic mass is 19.1. The number of likely N-dealkylation sites (tertiary alicyclic amines) is 1. The smallest absolute Gasteiger partial charge is 0.227 e. The summed E-state index contributed by atoms with van der Waals surface area (Å²) in [4.78, 5) is 17.3. The SMILES string of the molecule is CN(Cc1cccc2cc(CN3CCCC3)ccc12)C(=O)Cc1ccc(-c2ccc(F)cc2)cc1. The lowest BCUT2D eigenvalue weighted by atomic mass is 10.0. The second-order valence-corrected chi connectivity index (χ2v) is 9.59. The molecule has 4 heteroatoms. The summed E-state index contributed by atoms with van der Waals surface area (Å²) >= 11 is 0. The third-order valence-corrected chi connectivity index (χ3v) is 6.96. The van der Waals surface area contributed by atoms with Gasteiger partial charge in [0.15, 0.2) is 0 Å². The van der Waals surface area contributed by atoms with Crippen LogP contribution in [0.1, 0.15) is 29.5 Å². The molecule has 0 saturated carbocycles. The van der Waals surface area contributed by atoms with Crippen LogP contribution in [0, 0.1) is 5.82 Å². The second-order valence-electron chi connectivity index (χ2n) is 9.59. The van der Waals surface area contributed by atoms with Gasteiger partial charge in [0.05, 0.1) is 6.42 Å². The fraction of sp³-hybridized carbons (Fsp3) is 0.258. The van der Waals surface area contributed by atoms with Crippen molar-refractivity contribution in [3.8, 4) is 11.1 Å². The molecule has 1 saturated heterocycles. The number of halogens is 1. The Hall–Kier alpha value is -3.50. The van der Waals surface area contributed by atoms with E-state index < -0.39 is 0 Å². The van der Waals surface area contributed by atoms with Crippen LogP contribution in [-0.2, 0) is 24.3 Å². The number of hydrogen-bond acceptors (Lipinski definition) is 2. The van der Waals surface area contributed by atoms with Gasteiger partial charge in [0.1, 0.15) is 5.82 Å². The van der Waals surface area contributed by atoms with Gasteiger partial charge in [0, 0.05) is 20.1 Å². The zero-order valence-corrected chi connectivity index (χ0v) is 20.2. The Labute approximate surface area is 206 Å². The summed E-state index contributed by atoms with van der Waals surface area (Å²) in [6.07, 6.45) is 2.96. The Bertz CT molecular complexity index is 1310. The van der Waals surface area contributed by atoms with Crippen molar-refractivity contribution < 1.29 is 9.18 Å². The first-order valence-corrected chi connectivity index (χ1v) is 12.4. The molecule has 1 heterocycles. The predicted molar refractivity (Wildman–Crippen MR) is 140 cm³/mol. The highest BCUT2D eigenvalue weighted by Gasteiger charge is 2.14. The maximum Gasteiger partial charge on any atom is 0.227 e. The van der Waals surface area contributed by atoms with E-state index in [0.717, 1.165) is 28.8 Å². The molecular weight excluding hydrogens is 435 g/mol. The van der Waals surface area contributed by atoms with Crippen LogP contribution in [-0.4, -0.2) is 35.8 Å². The summed E-state index contributed by atoms with van der Waals surface area (Å²) in [6, 6.07) is 27.5. The van der Waals surface area contributed by atoms with E-state index in [1.54, 1.807) is 17.0 Å². The van der Waals surface area contributed by atoms with Gasteiger partial charge in [-0.25, -0.2) is 4.39 Å². The van der Waals surface area contributed by atoms with E-state index in [1.165, 1.54) is 54.4 Å². The zero-order chi connectivity index (χ0) is 24.2. The highest BCUT2D eigenvalue weighted by molar-refractivity contribution is 5.87. The van der Waals surface area contributed by atoms with Gasteiger partial charge in [-0.2, -0.15) is 0 Å². The normalized spacial score (nSPS) is 13.9. The van der Waals surface area contributed by atoms with Gasteiger partial charge in [-0.15, -0.1) is 0 Å². The number of carbonyl (C=O) groups is 1. The van der Waals surface area contributed by atoms with Crippen LogP contribution >= 0.6 is 0 Å². The molecule has 0 aliphatic carbocycles. The molecule has 35 heavy (non-hydrogen) atoms. The topological polar surface area (TPSA) is 23.6 Å². The largest absolute Gasteiger partial charge is 0.341 e. The maximum absolute atomic E-state index is 13.2. The first-order valence-electron chi connectivity index (χ1n) is 12.4. The molecule has 0 atom stereocenters. The van der Waals surface area contributed by atoms with Crippen molar-refractivity contribution in [3.63, 3.8) is 0 Å². The molecule has 178 valence electrons. The molecule has 0 radical (unpaired) electrons. The summed E-state index contributed by atoms with van der Waals surface area (Å²) < 4.78 is 13.2. The summed E-state index contributed by atoms with van der Waals surface area (Å²) in [6.45, 7) is 3.98. The van der Waals surface area contributed by atoms with Crippen molar-refractivity contribution in [2.24, 2.45) is 0 Å². The van der Waals surface area contributed by atoms with E-state index in [2.05, 4.69) is 41.3 Å². The Morgan fingerprint density at radius 1 is 0.857 bits per heavy atom. The quantitative estimate of drug-likeness (QED) is 0.313. The average Bonchev–Trinajstić information content (AvgIpc) is 3.38. The molecular formula is C31H31FN2O. The van der Waals surface area contributed by atoms with Crippen LogP contribution in [0.15, 0.2) is 84.9 Å². The number of amides is 1. The van der Waals surface area contributed by atoms with Gasteiger partial charge in [0.2, 0.25) is 5.91 Å². The van der Waals surface area contributed by atoms with Crippen LogP contribution < -0.4 is 0 Å². The molecule has 3 nitrogen and oxygen atoms in total. The predicted octanol–water partition coefficient (Wildman–Crippen LogP) is 6.44. The van der Waals surface area contributed by atoms with Gasteiger partial charge < -0.3 is 4.90 Å². The lowest BCUT2D eigenvalue weighted by Crippen LogP contribution is -2.27. The maximum atomic E-state index is 13.2. The van der Waals surface area contributed by atoms with Crippen LogP contribution in [0.25, 0.3) is 21.9 Å². The van der Waals surface area contributed by atoms with Crippen molar-refractivity contribution in [1.82, 2.24) is 9.80 Å². The van der Waals surface area contributed by atoms with Crippen molar-refractivity contribution >= 4 is 16.7 Å². The minimum absolute atomic E-state index is 0.0854. The van der Waals surface area contributed by atoms with E-state index in [1.807, 2.05) is 31.3 Å². The monoisotopic (exact) mass is 466 g/mol. The molecule has 0 bridgehead atoms. The second kappa shape index (κ2) is 10.4. The molecule has 0 unspecified atom stereocenters. The zero-order valence-electron chi connectivity index (χ0n) is 20.2. The number of carbonyl (C=O) groups excluding carboxylic acids is 1. The minimum Gasteiger partial charge on any atom is -0.341 e. The molecule has 1 fully saturated rings. The third kappa shape index (κ3) is 5.60. The summed E-state index contributed by atoms with van der Waals surface area (Å²) in [5.41, 5.74) is 5.45. The highest BCUT2D eigenvalue weighted by Crippen LogP contribution is 2.24. The number of nitrogens with zero attached hydrogens (tertiary/aromatic N) is 2. The average molecular weight is 467 g/mol. The standard InChI is InChI=1S/C31H31FN2O/c1-33(31(35)20-23-7-10-25(11-8-23)26-12-14-29(32)15-13-26)22-28-6-4-5-27-19-24(9-16-30(27)28)21-34-17-2-3-18-34/h4-16,19H,2-3,17-18,20-22H2,1H3. The molecule has 4 aromatic rings. The van der Waals surface area contributed by atoms with Crippen molar-refractivity contribution in [2.45, 2.75) is 32.4 Å². The first-order chi connectivity index (χ1) is 17.0. The van der Waals surface area contributed by atoms with Crippen LogP contribution in [0.3, 0.4) is 0 Å². The fourth-order valence-electron chi connectivity index (χ4n) is 4.95. The lowest BCUT2D eigenvalue weighted by Gasteiger charge is -2.19. The van der Waals surface area contributed by atoms with E-state index in [-0.39, 0.29) is 11.7 Å². The van der Waals surface area contributed by atoms with E-state index >= 15 is 0 Å². The number of rotatable bonds is 7. The fourth-order valence-corrected chi connectivity index (χ4v) is 4.95. The van der Waals surface area contributed by atoms with Gasteiger partial charge in [-0.05, 0) is 82.7 Å². The molecule has 4 aromatic carbocycles. The molecule has 0 spiro atoms. The Kier molecular flexibility index (Phi) is 6.91. The Morgan fingerprint density at radius 3 is 2.23 bits per heavy atom. The molecule has 1 aliphatic rings. The Morgan fingerprint density at radius 2 is 1.51 bits per heavy atom. The molecule has 0 N–H and O–H groups in total. The number of benzene rings is 4. The van der Waals surface area contributed by atoms with Gasteiger partial charge in [-0.3, -0.25) is 9.69 Å². The van der Waals surface area contributed by atoms with Gasteiger partial charge in [-0.1, -0.05) is 66.7 Å².